The predicted molar refractivity (Wildman–Crippen MR) is 138 cm³/mol. The van der Waals surface area contributed by atoms with Crippen molar-refractivity contribution in [2.75, 3.05) is 25.1 Å². The molecule has 1 saturated heterocycles. The van der Waals surface area contributed by atoms with Crippen LogP contribution in [-0.2, 0) is 19.8 Å². The summed E-state index contributed by atoms with van der Waals surface area (Å²) in [7, 11) is -4.68. The number of benzene rings is 2. The number of phosphoric ester groups is 1. The quantitative estimate of drug-likeness (QED) is 0.341. The molecule has 2 amide bonds. The minimum atomic E-state index is -4.68. The summed E-state index contributed by atoms with van der Waals surface area (Å²) in [6, 6.07) is 11.7. The lowest BCUT2D eigenvalue weighted by molar-refractivity contribution is -0.303. The molecule has 1 aliphatic heterocycles. The van der Waals surface area contributed by atoms with Gasteiger partial charge in [-0.1, -0.05) is 59.7 Å². The van der Waals surface area contributed by atoms with E-state index in [2.05, 4.69) is 42.9 Å². The van der Waals surface area contributed by atoms with Crippen LogP contribution >= 0.6 is 7.82 Å². The van der Waals surface area contributed by atoms with Gasteiger partial charge < -0.3 is 24.6 Å². The summed E-state index contributed by atoms with van der Waals surface area (Å²) < 4.78 is 28.1. The number of para-hydroxylation sites is 1. The van der Waals surface area contributed by atoms with Gasteiger partial charge in [0.2, 0.25) is 5.79 Å². The molecular formula is C26H37N2O7P. The Morgan fingerprint density at radius 3 is 2.00 bits per heavy atom. The number of hydrogen-bond acceptors (Lipinski definition) is 5. The summed E-state index contributed by atoms with van der Waals surface area (Å²) in [4.78, 5) is 31.2. The van der Waals surface area contributed by atoms with Gasteiger partial charge in [0, 0.05) is 16.7 Å². The Morgan fingerprint density at radius 2 is 1.53 bits per heavy atom. The molecule has 1 heterocycles. The number of urea groups is 1. The summed E-state index contributed by atoms with van der Waals surface area (Å²) in [5.41, 5.74) is 3.29. The average Bonchev–Trinajstić information content (AvgIpc) is 2.78. The number of anilines is 1. The van der Waals surface area contributed by atoms with Crippen LogP contribution in [0.25, 0.3) is 0 Å². The molecule has 0 spiro atoms. The molecule has 0 bridgehead atoms. The lowest BCUT2D eigenvalue weighted by Crippen LogP contribution is -2.52. The van der Waals surface area contributed by atoms with Crippen LogP contribution in [0.4, 0.5) is 10.5 Å². The van der Waals surface area contributed by atoms with Gasteiger partial charge in [-0.05, 0) is 47.2 Å². The SMILES string of the molecule is CC(C)c1cccc(C(C)C)c1NC(=O)NCC1(c2ccc(OP(=O)(O)O)cc2)OCC(C)(C)CO1. The fraction of sp³-hybridized carbons (Fsp3) is 0.500. The number of nitrogens with one attached hydrogen (secondary N) is 2. The van der Waals surface area contributed by atoms with Crippen molar-refractivity contribution in [3.8, 4) is 5.75 Å². The third kappa shape index (κ3) is 7.08. The van der Waals surface area contributed by atoms with Gasteiger partial charge in [0.25, 0.3) is 0 Å². The summed E-state index contributed by atoms with van der Waals surface area (Å²) in [5, 5.41) is 5.93. The van der Waals surface area contributed by atoms with E-state index in [4.69, 9.17) is 19.3 Å². The lowest BCUT2D eigenvalue weighted by Gasteiger charge is -2.43. The van der Waals surface area contributed by atoms with Crippen LogP contribution < -0.4 is 15.2 Å². The van der Waals surface area contributed by atoms with Crippen molar-refractivity contribution in [3.63, 3.8) is 0 Å². The second-order valence-electron chi connectivity index (χ2n) is 10.5. The lowest BCUT2D eigenvalue weighted by atomic mass is 9.92. The second kappa shape index (κ2) is 10.9. The third-order valence-electron chi connectivity index (χ3n) is 6.00. The van der Waals surface area contributed by atoms with Crippen molar-refractivity contribution in [2.24, 2.45) is 5.41 Å². The van der Waals surface area contributed by atoms with Gasteiger partial charge in [-0.2, -0.15) is 0 Å². The molecule has 36 heavy (non-hydrogen) atoms. The Bertz CT molecular complexity index is 1070. The number of rotatable bonds is 8. The fourth-order valence-corrected chi connectivity index (χ4v) is 4.43. The molecule has 10 heteroatoms. The maximum Gasteiger partial charge on any atom is 0.524 e. The molecular weight excluding hydrogens is 483 g/mol. The van der Waals surface area contributed by atoms with Crippen LogP contribution in [0, 0.1) is 5.41 Å². The van der Waals surface area contributed by atoms with Crippen LogP contribution in [0.15, 0.2) is 42.5 Å². The Labute approximate surface area is 212 Å². The Balaban J connectivity index is 1.82. The smallest absolute Gasteiger partial charge is 0.404 e. The summed E-state index contributed by atoms with van der Waals surface area (Å²) in [5.74, 6) is -0.806. The molecule has 2 aromatic rings. The Kier molecular flexibility index (Phi) is 8.53. The van der Waals surface area contributed by atoms with Gasteiger partial charge in [0.1, 0.15) is 5.75 Å². The molecule has 3 rings (SSSR count). The monoisotopic (exact) mass is 520 g/mol. The van der Waals surface area contributed by atoms with Gasteiger partial charge in [-0.3, -0.25) is 9.79 Å². The molecule has 1 aliphatic rings. The Morgan fingerprint density at radius 1 is 1.00 bits per heavy atom. The van der Waals surface area contributed by atoms with Crippen molar-refractivity contribution in [1.29, 1.82) is 0 Å². The first-order chi connectivity index (χ1) is 16.7. The summed E-state index contributed by atoms with van der Waals surface area (Å²) in [6.45, 7) is 13.2. The Hall–Kier alpha value is -2.42. The number of hydrogen-bond donors (Lipinski definition) is 4. The van der Waals surface area contributed by atoms with Gasteiger partial charge in [-0.15, -0.1) is 0 Å². The predicted octanol–water partition coefficient (Wildman–Crippen LogP) is 5.45. The minimum absolute atomic E-state index is 0.00980. The molecule has 0 saturated carbocycles. The molecule has 0 unspecified atom stereocenters. The van der Waals surface area contributed by atoms with Crippen LogP contribution in [0.5, 0.6) is 5.75 Å². The number of carbonyl (C=O) groups excluding carboxylic acids is 1. The number of phosphoric acid groups is 1. The fourth-order valence-electron chi connectivity index (χ4n) is 4.03. The highest BCUT2D eigenvalue weighted by Crippen LogP contribution is 2.40. The molecule has 2 aromatic carbocycles. The maximum atomic E-state index is 13.1. The van der Waals surface area contributed by atoms with Crippen LogP contribution in [0.1, 0.15) is 70.1 Å². The first kappa shape index (κ1) is 28.2. The molecule has 0 atom stereocenters. The topological polar surface area (TPSA) is 126 Å². The van der Waals surface area contributed by atoms with Gasteiger partial charge in [0.05, 0.1) is 19.8 Å². The largest absolute Gasteiger partial charge is 0.524 e. The van der Waals surface area contributed by atoms with Crippen molar-refractivity contribution < 1.29 is 33.1 Å². The number of amides is 2. The zero-order valence-corrected chi connectivity index (χ0v) is 22.6. The first-order valence-corrected chi connectivity index (χ1v) is 13.6. The second-order valence-corrected chi connectivity index (χ2v) is 11.7. The van der Waals surface area contributed by atoms with Gasteiger partial charge in [0.15, 0.2) is 0 Å². The highest BCUT2D eigenvalue weighted by Gasteiger charge is 2.42. The van der Waals surface area contributed by atoms with Crippen molar-refractivity contribution in [1.82, 2.24) is 5.32 Å². The minimum Gasteiger partial charge on any atom is -0.404 e. The molecule has 4 N–H and O–H groups in total. The zero-order valence-electron chi connectivity index (χ0n) is 21.7. The highest BCUT2D eigenvalue weighted by molar-refractivity contribution is 7.46. The zero-order chi connectivity index (χ0) is 26.7. The highest BCUT2D eigenvalue weighted by atomic mass is 31.2. The van der Waals surface area contributed by atoms with Crippen LogP contribution in [-0.4, -0.2) is 35.6 Å². The summed E-state index contributed by atoms with van der Waals surface area (Å²) >= 11 is 0. The number of ether oxygens (including phenoxy) is 2. The van der Waals surface area contributed by atoms with E-state index >= 15 is 0 Å². The van der Waals surface area contributed by atoms with Gasteiger partial charge >= 0.3 is 13.9 Å². The third-order valence-corrected chi connectivity index (χ3v) is 6.45. The molecule has 0 aromatic heterocycles. The van der Waals surface area contributed by atoms with E-state index in [0.717, 1.165) is 16.8 Å². The molecule has 1 fully saturated rings. The van der Waals surface area contributed by atoms with Crippen molar-refractivity contribution in [2.45, 2.75) is 59.2 Å². The van der Waals surface area contributed by atoms with E-state index < -0.39 is 13.6 Å². The van der Waals surface area contributed by atoms with Crippen LogP contribution in [0.2, 0.25) is 0 Å². The molecule has 0 aliphatic carbocycles. The molecule has 0 radical (unpaired) electrons. The van der Waals surface area contributed by atoms with Crippen LogP contribution in [0.3, 0.4) is 0 Å². The van der Waals surface area contributed by atoms with E-state index in [1.54, 1.807) is 12.1 Å². The van der Waals surface area contributed by atoms with E-state index in [1.165, 1.54) is 12.1 Å². The summed E-state index contributed by atoms with van der Waals surface area (Å²) in [6.07, 6.45) is 0. The van der Waals surface area contributed by atoms with E-state index in [-0.39, 0.29) is 35.6 Å². The maximum absolute atomic E-state index is 13.1. The first-order valence-electron chi connectivity index (χ1n) is 12.0. The number of carbonyl (C=O) groups is 1. The molecule has 9 nitrogen and oxygen atoms in total. The van der Waals surface area contributed by atoms with Gasteiger partial charge in [-0.25, -0.2) is 9.36 Å². The standard InChI is InChI=1S/C26H37N2O7P/c1-17(2)21-8-7-9-22(18(3)4)23(21)28-24(29)27-14-26(33-15-25(5,6)16-34-26)19-10-12-20(13-11-19)35-36(30,31)32/h7-13,17-18H,14-16H2,1-6H3,(H2,27,28,29)(H2,30,31,32). The normalized spacial score (nSPS) is 17.2. The van der Waals surface area contributed by atoms with E-state index in [9.17, 15) is 9.36 Å². The van der Waals surface area contributed by atoms with E-state index in [1.807, 2.05) is 32.0 Å². The molecule has 198 valence electrons. The average molecular weight is 521 g/mol. The van der Waals surface area contributed by atoms with Crippen molar-refractivity contribution in [3.05, 3.63) is 59.2 Å². The van der Waals surface area contributed by atoms with Crippen molar-refractivity contribution >= 4 is 19.5 Å². The van der Waals surface area contributed by atoms with E-state index in [0.29, 0.717) is 18.8 Å².